The highest BCUT2D eigenvalue weighted by atomic mass is 16.6. The third kappa shape index (κ3) is 5.52. The van der Waals surface area contributed by atoms with Gasteiger partial charge in [-0.3, -0.25) is 20.3 Å². The molecule has 1 aromatic rings. The second kappa shape index (κ2) is 6.95. The van der Waals surface area contributed by atoms with Crippen LogP contribution in [0.25, 0.3) is 0 Å². The Bertz CT molecular complexity index is 591. The molecule has 0 aliphatic carbocycles. The van der Waals surface area contributed by atoms with E-state index >= 15 is 0 Å². The predicted molar refractivity (Wildman–Crippen MR) is 88.0 cm³/mol. The minimum Gasteiger partial charge on any atom is -0.477 e. The minimum atomic E-state index is -0.559. The first-order valence-corrected chi connectivity index (χ1v) is 7.37. The molecule has 1 aromatic carbocycles. The van der Waals surface area contributed by atoms with Gasteiger partial charge in [0.2, 0.25) is 0 Å². The van der Waals surface area contributed by atoms with E-state index in [2.05, 4.69) is 34.6 Å². The van der Waals surface area contributed by atoms with Gasteiger partial charge < -0.3 is 4.74 Å². The quantitative estimate of drug-likeness (QED) is 0.362. The van der Waals surface area contributed by atoms with Crippen LogP contribution < -0.4 is 16.0 Å². The van der Waals surface area contributed by atoms with Crippen molar-refractivity contribution in [3.8, 4) is 5.75 Å². The van der Waals surface area contributed by atoms with Crippen LogP contribution in [0.15, 0.2) is 18.2 Å². The molecule has 0 heterocycles. The number of amides is 1. The summed E-state index contributed by atoms with van der Waals surface area (Å²) in [6, 6.07) is 4.84. The highest BCUT2D eigenvalue weighted by Gasteiger charge is 2.29. The van der Waals surface area contributed by atoms with Crippen LogP contribution >= 0.6 is 0 Å². The van der Waals surface area contributed by atoms with Gasteiger partial charge in [0.05, 0.1) is 4.92 Å². The Hall–Kier alpha value is -2.15. The molecule has 0 atom stereocenters. The SMILES string of the molecule is CC(C)(C)CC(C)(C)c1ccc(OCC(=O)NN)c([N+](=O)[O-])c1. The Kier molecular flexibility index (Phi) is 5.71. The van der Waals surface area contributed by atoms with Crippen molar-refractivity contribution in [1.82, 2.24) is 5.43 Å². The van der Waals surface area contributed by atoms with Gasteiger partial charge in [0, 0.05) is 6.07 Å². The van der Waals surface area contributed by atoms with E-state index in [0.29, 0.717) is 0 Å². The zero-order chi connectivity index (χ0) is 17.8. The van der Waals surface area contributed by atoms with Crippen molar-refractivity contribution in [2.45, 2.75) is 46.5 Å². The average Bonchev–Trinajstić information content (AvgIpc) is 2.41. The third-order valence-electron chi connectivity index (χ3n) is 3.43. The smallest absolute Gasteiger partial charge is 0.311 e. The summed E-state index contributed by atoms with van der Waals surface area (Å²) in [6.07, 6.45) is 0.868. The van der Waals surface area contributed by atoms with Crippen molar-refractivity contribution in [2.75, 3.05) is 6.61 Å². The molecule has 0 aliphatic heterocycles. The van der Waals surface area contributed by atoms with Crippen molar-refractivity contribution in [3.05, 3.63) is 33.9 Å². The summed E-state index contributed by atoms with van der Waals surface area (Å²) in [4.78, 5) is 21.9. The largest absolute Gasteiger partial charge is 0.477 e. The summed E-state index contributed by atoms with van der Waals surface area (Å²) >= 11 is 0. The summed E-state index contributed by atoms with van der Waals surface area (Å²) < 4.78 is 5.19. The van der Waals surface area contributed by atoms with Crippen LogP contribution in [0.1, 0.15) is 46.6 Å². The fraction of sp³-hybridized carbons (Fsp3) is 0.562. The van der Waals surface area contributed by atoms with Crippen LogP contribution in [0.5, 0.6) is 5.75 Å². The molecule has 0 saturated carbocycles. The molecule has 23 heavy (non-hydrogen) atoms. The number of carbonyl (C=O) groups is 1. The van der Waals surface area contributed by atoms with Gasteiger partial charge in [-0.2, -0.15) is 0 Å². The molecule has 1 rings (SSSR count). The maximum Gasteiger partial charge on any atom is 0.311 e. The number of hydrogen-bond acceptors (Lipinski definition) is 5. The summed E-state index contributed by atoms with van der Waals surface area (Å²) in [7, 11) is 0. The number of hydrazine groups is 1. The number of rotatable bonds is 6. The number of hydrogen-bond donors (Lipinski definition) is 2. The maximum atomic E-state index is 11.3. The number of nitrogens with zero attached hydrogens (tertiary/aromatic N) is 1. The Morgan fingerprint density at radius 3 is 2.39 bits per heavy atom. The van der Waals surface area contributed by atoms with Crippen molar-refractivity contribution in [1.29, 1.82) is 0 Å². The van der Waals surface area contributed by atoms with Gasteiger partial charge in [-0.15, -0.1) is 0 Å². The molecular formula is C16H25N3O4. The first kappa shape index (κ1) is 18.9. The lowest BCUT2D eigenvalue weighted by Gasteiger charge is -2.33. The van der Waals surface area contributed by atoms with Gasteiger partial charge >= 0.3 is 5.69 Å². The lowest BCUT2D eigenvalue weighted by atomic mass is 9.72. The number of benzene rings is 1. The van der Waals surface area contributed by atoms with Gasteiger partial charge in [-0.05, 0) is 28.9 Å². The number of nitro groups is 1. The molecule has 7 nitrogen and oxygen atoms in total. The van der Waals surface area contributed by atoms with Crippen LogP contribution in [0.2, 0.25) is 0 Å². The Labute approximate surface area is 136 Å². The van der Waals surface area contributed by atoms with Crippen LogP contribution in [0, 0.1) is 15.5 Å². The number of ether oxygens (including phenoxy) is 1. The second-order valence-corrected chi connectivity index (χ2v) is 7.42. The zero-order valence-corrected chi connectivity index (χ0v) is 14.3. The van der Waals surface area contributed by atoms with E-state index in [4.69, 9.17) is 10.6 Å². The number of nitro benzene ring substituents is 1. The second-order valence-electron chi connectivity index (χ2n) is 7.42. The topological polar surface area (TPSA) is 107 Å². The van der Waals surface area contributed by atoms with Crippen molar-refractivity contribution >= 4 is 11.6 Å². The standard InChI is InChI=1S/C16H25N3O4/c1-15(2,3)10-16(4,5)11-6-7-13(12(8-11)19(21)22)23-9-14(20)18-17/h6-8H,9-10,17H2,1-5H3,(H,18,20). The highest BCUT2D eigenvalue weighted by Crippen LogP contribution is 2.39. The van der Waals surface area contributed by atoms with E-state index in [9.17, 15) is 14.9 Å². The normalized spacial score (nSPS) is 11.9. The summed E-state index contributed by atoms with van der Waals surface area (Å²) in [6.45, 7) is 10.1. The van der Waals surface area contributed by atoms with Crippen LogP contribution in [0.4, 0.5) is 5.69 Å². The highest BCUT2D eigenvalue weighted by molar-refractivity contribution is 5.76. The molecule has 0 aliphatic rings. The van der Waals surface area contributed by atoms with E-state index in [1.54, 1.807) is 6.07 Å². The first-order chi connectivity index (χ1) is 10.5. The molecule has 7 heteroatoms. The number of nitrogens with two attached hydrogens (primary N) is 1. The molecule has 0 fully saturated rings. The Morgan fingerprint density at radius 2 is 1.91 bits per heavy atom. The van der Waals surface area contributed by atoms with Crippen molar-refractivity contribution < 1.29 is 14.5 Å². The molecule has 1 amide bonds. The average molecular weight is 323 g/mol. The fourth-order valence-corrected chi connectivity index (χ4v) is 2.82. The molecule has 0 radical (unpaired) electrons. The molecule has 0 spiro atoms. The van der Waals surface area contributed by atoms with Gasteiger partial charge in [0.25, 0.3) is 5.91 Å². The maximum absolute atomic E-state index is 11.3. The van der Waals surface area contributed by atoms with Gasteiger partial charge in [-0.25, -0.2) is 5.84 Å². The Morgan fingerprint density at radius 1 is 1.30 bits per heavy atom. The van der Waals surface area contributed by atoms with Crippen LogP contribution in [-0.2, 0) is 10.2 Å². The minimum absolute atomic E-state index is 0.0499. The number of carbonyl (C=O) groups excluding carboxylic acids is 1. The van der Waals surface area contributed by atoms with E-state index in [0.717, 1.165) is 12.0 Å². The summed E-state index contributed by atoms with van der Waals surface area (Å²) in [5.74, 6) is 4.45. The summed E-state index contributed by atoms with van der Waals surface area (Å²) in [5.41, 5.74) is 2.47. The molecule has 128 valence electrons. The van der Waals surface area contributed by atoms with E-state index in [-0.39, 0.29) is 28.9 Å². The predicted octanol–water partition coefficient (Wildman–Crippen LogP) is 2.68. The lowest BCUT2D eigenvalue weighted by Crippen LogP contribution is -2.34. The third-order valence-corrected chi connectivity index (χ3v) is 3.43. The van der Waals surface area contributed by atoms with E-state index in [1.807, 2.05) is 5.43 Å². The van der Waals surface area contributed by atoms with E-state index < -0.39 is 10.8 Å². The summed E-state index contributed by atoms with van der Waals surface area (Å²) in [5, 5.41) is 11.3. The first-order valence-electron chi connectivity index (χ1n) is 7.37. The molecule has 0 aromatic heterocycles. The van der Waals surface area contributed by atoms with Gasteiger partial charge in [0.15, 0.2) is 12.4 Å². The van der Waals surface area contributed by atoms with Gasteiger partial charge in [-0.1, -0.05) is 40.7 Å². The molecular weight excluding hydrogens is 298 g/mol. The zero-order valence-electron chi connectivity index (χ0n) is 14.3. The molecule has 0 bridgehead atoms. The Balaban J connectivity index is 3.12. The molecule has 0 unspecified atom stereocenters. The van der Waals surface area contributed by atoms with Crippen LogP contribution in [0.3, 0.4) is 0 Å². The molecule has 3 N–H and O–H groups in total. The fourth-order valence-electron chi connectivity index (χ4n) is 2.82. The monoisotopic (exact) mass is 323 g/mol. The van der Waals surface area contributed by atoms with E-state index in [1.165, 1.54) is 12.1 Å². The molecule has 0 saturated heterocycles. The van der Waals surface area contributed by atoms with Crippen LogP contribution in [-0.4, -0.2) is 17.4 Å². The number of nitrogens with one attached hydrogen (secondary N) is 1. The lowest BCUT2D eigenvalue weighted by molar-refractivity contribution is -0.385. The van der Waals surface area contributed by atoms with Gasteiger partial charge in [0.1, 0.15) is 0 Å². The van der Waals surface area contributed by atoms with Crippen molar-refractivity contribution in [3.63, 3.8) is 0 Å². The van der Waals surface area contributed by atoms with Crippen molar-refractivity contribution in [2.24, 2.45) is 11.3 Å².